The van der Waals surface area contributed by atoms with Crippen molar-refractivity contribution in [3.8, 4) is 5.75 Å². The number of esters is 1. The quantitative estimate of drug-likeness (QED) is 0.316. The maximum absolute atomic E-state index is 13.0. The maximum Gasteiger partial charge on any atom is 0.310 e. The van der Waals surface area contributed by atoms with E-state index >= 15 is 0 Å². The Morgan fingerprint density at radius 1 is 1.12 bits per heavy atom. The first-order valence-electron chi connectivity index (χ1n) is 10.7. The monoisotopic (exact) mass is 464 g/mol. The highest BCUT2D eigenvalue weighted by Gasteiger charge is 2.20. The van der Waals surface area contributed by atoms with Crippen molar-refractivity contribution in [2.24, 2.45) is 5.92 Å². The van der Waals surface area contributed by atoms with Gasteiger partial charge in [0.15, 0.2) is 0 Å². The van der Waals surface area contributed by atoms with Crippen molar-refractivity contribution in [2.75, 3.05) is 13.7 Å². The average molecular weight is 465 g/mol. The van der Waals surface area contributed by atoms with Gasteiger partial charge in [0.05, 0.1) is 23.7 Å². The number of benzene rings is 2. The van der Waals surface area contributed by atoms with Gasteiger partial charge in [0, 0.05) is 24.5 Å². The summed E-state index contributed by atoms with van der Waals surface area (Å²) in [6.45, 7) is 4.83. The van der Waals surface area contributed by atoms with Gasteiger partial charge in [-0.3, -0.25) is 9.59 Å². The molecule has 0 aliphatic heterocycles. The van der Waals surface area contributed by atoms with Crippen LogP contribution < -0.4 is 4.74 Å². The minimum atomic E-state index is -0.422. The molecule has 6 nitrogen and oxygen atoms in total. The fraction of sp³-hybridized carbons (Fsp3) is 0.269. The number of nitrogens with zero attached hydrogens (tertiary/aromatic N) is 2. The predicted octanol–water partition coefficient (Wildman–Crippen LogP) is 4.88. The van der Waals surface area contributed by atoms with Gasteiger partial charge in [-0.15, -0.1) is 11.3 Å². The third-order valence-corrected chi connectivity index (χ3v) is 5.80. The molecule has 0 saturated carbocycles. The van der Waals surface area contributed by atoms with Crippen LogP contribution in [0.25, 0.3) is 6.08 Å². The minimum absolute atomic E-state index is 0.172. The Morgan fingerprint density at radius 2 is 1.85 bits per heavy atom. The topological polar surface area (TPSA) is 68.7 Å². The second-order valence-electron chi connectivity index (χ2n) is 7.68. The van der Waals surface area contributed by atoms with Crippen LogP contribution in [0.3, 0.4) is 0 Å². The van der Waals surface area contributed by atoms with Gasteiger partial charge in [-0.2, -0.15) is 0 Å². The lowest BCUT2D eigenvalue weighted by molar-refractivity contribution is -0.146. The molecular formula is C26H28N2O4S. The summed E-state index contributed by atoms with van der Waals surface area (Å²) in [4.78, 5) is 30.9. The zero-order valence-electron chi connectivity index (χ0n) is 19.1. The Hall–Kier alpha value is -3.45. The summed E-state index contributed by atoms with van der Waals surface area (Å²) in [7, 11) is 1.35. The Balaban J connectivity index is 1.63. The summed E-state index contributed by atoms with van der Waals surface area (Å²) >= 11 is 1.60. The van der Waals surface area contributed by atoms with Crippen LogP contribution in [-0.4, -0.2) is 35.4 Å². The van der Waals surface area contributed by atoms with E-state index in [-0.39, 0.29) is 18.4 Å². The van der Waals surface area contributed by atoms with E-state index in [1.165, 1.54) is 13.2 Å². The lowest BCUT2D eigenvalue weighted by Crippen LogP contribution is -2.35. The Morgan fingerprint density at radius 3 is 2.48 bits per heavy atom. The van der Waals surface area contributed by atoms with Crippen molar-refractivity contribution in [2.45, 2.75) is 27.0 Å². The average Bonchev–Trinajstić information content (AvgIpc) is 3.26. The number of carbonyl (C=O) groups excluding carboxylic acids is 2. The first-order valence-corrected chi connectivity index (χ1v) is 11.5. The molecule has 0 aliphatic rings. The van der Waals surface area contributed by atoms with Crippen LogP contribution in [0.5, 0.6) is 5.75 Å². The highest BCUT2D eigenvalue weighted by atomic mass is 32.1. The number of aryl methyl sites for hydroxylation is 1. The van der Waals surface area contributed by atoms with Crippen molar-refractivity contribution < 1.29 is 19.1 Å². The van der Waals surface area contributed by atoms with Gasteiger partial charge in [0.25, 0.3) is 0 Å². The van der Waals surface area contributed by atoms with Gasteiger partial charge >= 0.3 is 5.97 Å². The number of ether oxygens (including phenoxy) is 2. The summed E-state index contributed by atoms with van der Waals surface area (Å²) in [5, 5.41) is 3.00. The second kappa shape index (κ2) is 12.0. The number of rotatable bonds is 10. The van der Waals surface area contributed by atoms with Gasteiger partial charge in [-0.25, -0.2) is 4.98 Å². The zero-order valence-corrected chi connectivity index (χ0v) is 19.9. The number of amides is 1. The van der Waals surface area contributed by atoms with Crippen molar-refractivity contribution in [3.63, 3.8) is 0 Å². The molecule has 0 fully saturated rings. The minimum Gasteiger partial charge on any atom is -0.487 e. The third kappa shape index (κ3) is 7.57. The fourth-order valence-corrected chi connectivity index (χ4v) is 3.82. The van der Waals surface area contributed by atoms with Crippen molar-refractivity contribution in [1.82, 2.24) is 9.88 Å². The van der Waals surface area contributed by atoms with Gasteiger partial charge in [-0.05, 0) is 36.3 Å². The van der Waals surface area contributed by atoms with E-state index in [2.05, 4.69) is 4.98 Å². The number of hydrogen-bond donors (Lipinski definition) is 0. The van der Waals surface area contributed by atoms with Crippen molar-refractivity contribution in [1.29, 1.82) is 0 Å². The molecule has 1 atom stereocenters. The van der Waals surface area contributed by atoms with E-state index in [0.717, 1.165) is 27.6 Å². The molecule has 0 saturated heterocycles. The maximum atomic E-state index is 13.0. The van der Waals surface area contributed by atoms with E-state index in [1.54, 1.807) is 29.2 Å². The zero-order chi connectivity index (χ0) is 23.6. The van der Waals surface area contributed by atoms with Crippen LogP contribution in [0.4, 0.5) is 0 Å². The van der Waals surface area contributed by atoms with E-state index in [1.807, 2.05) is 66.9 Å². The van der Waals surface area contributed by atoms with Crippen molar-refractivity contribution >= 4 is 29.3 Å². The number of thiazole rings is 1. The SMILES string of the molecule is COC(=O)C(C)CN(Cc1ccccc1)C(=O)/C=C/c1ccc(OCc2csc(C)n2)cc1. The lowest BCUT2D eigenvalue weighted by Gasteiger charge is -2.24. The molecule has 172 valence electrons. The number of methoxy groups -OCH3 is 1. The second-order valence-corrected chi connectivity index (χ2v) is 8.74. The smallest absolute Gasteiger partial charge is 0.310 e. The van der Waals surface area contributed by atoms with Crippen LogP contribution in [0, 0.1) is 12.8 Å². The molecule has 3 aromatic rings. The molecule has 7 heteroatoms. The first kappa shape index (κ1) is 24.2. The van der Waals surface area contributed by atoms with Crippen LogP contribution in [0.15, 0.2) is 66.1 Å². The Kier molecular flexibility index (Phi) is 8.78. The Labute approximate surface area is 198 Å². The molecule has 1 unspecified atom stereocenters. The van der Waals surface area contributed by atoms with E-state index in [9.17, 15) is 9.59 Å². The molecule has 0 bridgehead atoms. The number of hydrogen-bond acceptors (Lipinski definition) is 6. The molecule has 33 heavy (non-hydrogen) atoms. The van der Waals surface area contributed by atoms with Gasteiger partial charge in [0.1, 0.15) is 12.4 Å². The van der Waals surface area contributed by atoms with Gasteiger partial charge in [-0.1, -0.05) is 49.4 Å². The summed E-state index contributed by atoms with van der Waals surface area (Å²) in [6, 6.07) is 17.2. The summed E-state index contributed by atoms with van der Waals surface area (Å²) < 4.78 is 10.6. The third-order valence-electron chi connectivity index (χ3n) is 4.98. The lowest BCUT2D eigenvalue weighted by atomic mass is 10.1. The molecule has 1 amide bonds. The van der Waals surface area contributed by atoms with E-state index in [4.69, 9.17) is 9.47 Å². The normalized spacial score (nSPS) is 11.8. The van der Waals surface area contributed by atoms with Crippen LogP contribution in [0.2, 0.25) is 0 Å². The molecule has 0 spiro atoms. The van der Waals surface area contributed by atoms with Gasteiger partial charge < -0.3 is 14.4 Å². The molecule has 3 rings (SSSR count). The van der Waals surface area contributed by atoms with E-state index in [0.29, 0.717) is 13.2 Å². The van der Waals surface area contributed by atoms with Crippen LogP contribution >= 0.6 is 11.3 Å². The molecule has 0 aliphatic carbocycles. The molecule has 1 heterocycles. The number of aromatic nitrogens is 1. The van der Waals surface area contributed by atoms with Crippen LogP contribution in [0.1, 0.15) is 28.8 Å². The highest BCUT2D eigenvalue weighted by Crippen LogP contribution is 2.17. The summed E-state index contributed by atoms with van der Waals surface area (Å²) in [6.07, 6.45) is 3.29. The first-order chi connectivity index (χ1) is 15.9. The summed E-state index contributed by atoms with van der Waals surface area (Å²) in [5.41, 5.74) is 2.78. The molecule has 0 N–H and O–H groups in total. The van der Waals surface area contributed by atoms with Crippen LogP contribution in [-0.2, 0) is 27.5 Å². The molecule has 0 radical (unpaired) electrons. The standard InChI is InChI=1S/C26H28N2O4S/c1-19(26(30)31-3)15-28(16-22-7-5-4-6-8-22)25(29)14-11-21-9-12-24(13-10-21)32-17-23-18-33-20(2)27-23/h4-14,18-19H,15-17H2,1-3H3/b14-11+. The molecule has 1 aromatic heterocycles. The van der Waals surface area contributed by atoms with Gasteiger partial charge in [0.2, 0.25) is 5.91 Å². The highest BCUT2D eigenvalue weighted by molar-refractivity contribution is 7.09. The number of carbonyl (C=O) groups is 2. The Bertz CT molecular complexity index is 1080. The van der Waals surface area contributed by atoms with E-state index < -0.39 is 5.92 Å². The molecule has 2 aromatic carbocycles. The predicted molar refractivity (Wildman–Crippen MR) is 130 cm³/mol. The largest absolute Gasteiger partial charge is 0.487 e. The fourth-order valence-electron chi connectivity index (χ4n) is 3.22. The summed E-state index contributed by atoms with van der Waals surface area (Å²) in [5.74, 6) is -0.196. The van der Waals surface area contributed by atoms with Crippen molar-refractivity contribution in [3.05, 3.63) is 87.9 Å². The molecular weight excluding hydrogens is 436 g/mol.